The Morgan fingerprint density at radius 3 is 2.29 bits per heavy atom. The average Bonchev–Trinajstić information content (AvgIpc) is 2.55. The van der Waals surface area contributed by atoms with Gasteiger partial charge in [-0.3, -0.25) is 0 Å². The van der Waals surface area contributed by atoms with Gasteiger partial charge in [-0.25, -0.2) is 9.59 Å². The molecule has 0 amide bonds. The van der Waals surface area contributed by atoms with Crippen molar-refractivity contribution in [3.8, 4) is 0 Å². The number of aliphatic hydroxyl groups is 1. The first kappa shape index (κ1) is 20.1. The van der Waals surface area contributed by atoms with Crippen molar-refractivity contribution < 1.29 is 29.3 Å². The van der Waals surface area contributed by atoms with Crippen LogP contribution in [-0.2, 0) is 22.3 Å². The molecule has 0 heterocycles. The molecule has 6 nitrogen and oxygen atoms in total. The van der Waals surface area contributed by atoms with Gasteiger partial charge < -0.3 is 19.7 Å². The summed E-state index contributed by atoms with van der Waals surface area (Å²) in [5, 5.41) is 18.7. The third-order valence-electron chi connectivity index (χ3n) is 3.65. The number of carbonyl (C=O) groups is 2. The van der Waals surface area contributed by atoms with Crippen molar-refractivity contribution in [3.63, 3.8) is 0 Å². The van der Waals surface area contributed by atoms with E-state index in [-0.39, 0.29) is 24.3 Å². The summed E-state index contributed by atoms with van der Waals surface area (Å²) < 4.78 is 10.5. The average molecular weight is 338 g/mol. The summed E-state index contributed by atoms with van der Waals surface area (Å²) in [5.41, 5.74) is 1.65. The van der Waals surface area contributed by atoms with Gasteiger partial charge in [0.05, 0.1) is 29.9 Å². The molecule has 0 aliphatic rings. The fraction of sp³-hybridized carbons (Fsp3) is 0.556. The monoisotopic (exact) mass is 338 g/mol. The molecular formula is C18H26O6. The molecule has 24 heavy (non-hydrogen) atoms. The van der Waals surface area contributed by atoms with Crippen LogP contribution in [0.3, 0.4) is 0 Å². The number of carboxylic acid groups (broad SMARTS) is 1. The lowest BCUT2D eigenvalue weighted by Crippen LogP contribution is -2.24. The summed E-state index contributed by atoms with van der Waals surface area (Å²) in [6, 6.07) is 3.28. The Bertz CT molecular complexity index is 579. The second-order valence-electron chi connectivity index (χ2n) is 5.73. The predicted octanol–water partition coefficient (Wildman–Crippen LogP) is 2.45. The molecule has 0 fully saturated rings. The molecular weight excluding hydrogens is 312 g/mol. The van der Waals surface area contributed by atoms with E-state index in [1.807, 2.05) is 13.8 Å². The first-order chi connectivity index (χ1) is 11.3. The van der Waals surface area contributed by atoms with Crippen LogP contribution in [0.15, 0.2) is 12.1 Å². The molecule has 2 atom stereocenters. The first-order valence-corrected chi connectivity index (χ1v) is 8.16. The molecule has 2 N–H and O–H groups in total. The van der Waals surface area contributed by atoms with Crippen LogP contribution < -0.4 is 0 Å². The minimum Gasteiger partial charge on any atom is -0.478 e. The molecule has 0 saturated carbocycles. The summed E-state index contributed by atoms with van der Waals surface area (Å²) in [4.78, 5) is 23.9. The van der Waals surface area contributed by atoms with Crippen LogP contribution in [0.25, 0.3) is 0 Å². The van der Waals surface area contributed by atoms with Crippen LogP contribution in [0.1, 0.15) is 59.5 Å². The summed E-state index contributed by atoms with van der Waals surface area (Å²) in [5.74, 6) is -1.82. The summed E-state index contributed by atoms with van der Waals surface area (Å²) >= 11 is 0. The number of carbonyl (C=O) groups excluding carboxylic acids is 1. The number of carboxylic acids is 1. The van der Waals surface area contributed by atoms with Crippen molar-refractivity contribution in [1.82, 2.24) is 0 Å². The third kappa shape index (κ3) is 5.32. The fourth-order valence-electron chi connectivity index (χ4n) is 2.46. The second kappa shape index (κ2) is 9.39. The number of aliphatic hydroxyl groups excluding tert-OH is 1. The van der Waals surface area contributed by atoms with Crippen LogP contribution in [0.5, 0.6) is 0 Å². The van der Waals surface area contributed by atoms with Gasteiger partial charge in [0.25, 0.3) is 0 Å². The second-order valence-corrected chi connectivity index (χ2v) is 5.73. The third-order valence-corrected chi connectivity index (χ3v) is 3.65. The molecule has 0 spiro atoms. The maximum Gasteiger partial charge on any atom is 0.339 e. The Hall–Kier alpha value is -1.92. The molecule has 1 aromatic carbocycles. The highest BCUT2D eigenvalue weighted by Gasteiger charge is 2.23. The fourth-order valence-corrected chi connectivity index (χ4v) is 2.46. The van der Waals surface area contributed by atoms with Crippen molar-refractivity contribution in [2.75, 3.05) is 13.2 Å². The molecule has 0 bridgehead atoms. The van der Waals surface area contributed by atoms with E-state index >= 15 is 0 Å². The topological polar surface area (TPSA) is 93.1 Å². The number of aryl methyl sites for hydroxylation is 1. The van der Waals surface area contributed by atoms with Crippen LogP contribution in [0.4, 0.5) is 0 Å². The van der Waals surface area contributed by atoms with Crippen molar-refractivity contribution in [2.24, 2.45) is 0 Å². The molecule has 1 rings (SSSR count). The Balaban J connectivity index is 2.92. The highest BCUT2D eigenvalue weighted by Crippen LogP contribution is 2.22. The Labute approximate surface area is 142 Å². The molecule has 0 aliphatic heterocycles. The Morgan fingerprint density at radius 1 is 1.12 bits per heavy atom. The zero-order valence-corrected chi connectivity index (χ0v) is 14.7. The Kier molecular flexibility index (Phi) is 7.88. The number of benzene rings is 1. The molecule has 0 aliphatic carbocycles. The van der Waals surface area contributed by atoms with Gasteiger partial charge in [0, 0.05) is 0 Å². The van der Waals surface area contributed by atoms with Crippen LogP contribution in [-0.4, -0.2) is 47.6 Å². The molecule has 1 aromatic rings. The van der Waals surface area contributed by atoms with E-state index in [9.17, 15) is 14.7 Å². The summed E-state index contributed by atoms with van der Waals surface area (Å²) in [6.07, 6.45) is 0.232. The molecule has 6 heteroatoms. The lowest BCUT2D eigenvalue weighted by molar-refractivity contribution is -0.0279. The smallest absolute Gasteiger partial charge is 0.339 e. The van der Waals surface area contributed by atoms with Crippen LogP contribution in [0, 0.1) is 0 Å². The standard InChI is InChI=1S/C18H26O6/c1-5-13-7-8-15(16(17(20)21)14(13)6-2)18(22)24-10-12(4)23-9-11(3)19/h7-8,11-12,19H,5-6,9-10H2,1-4H3,(H,20,21). The van der Waals surface area contributed by atoms with Gasteiger partial charge >= 0.3 is 11.9 Å². The SMILES string of the molecule is CCc1ccc(C(=O)OCC(C)OCC(C)O)c(C(=O)O)c1CC. The van der Waals surface area contributed by atoms with Gasteiger partial charge in [-0.1, -0.05) is 19.9 Å². The predicted molar refractivity (Wildman–Crippen MR) is 89.5 cm³/mol. The van der Waals surface area contributed by atoms with E-state index in [0.29, 0.717) is 18.4 Å². The minimum atomic E-state index is -1.13. The van der Waals surface area contributed by atoms with E-state index in [1.54, 1.807) is 19.9 Å². The van der Waals surface area contributed by atoms with Crippen LogP contribution >= 0.6 is 0 Å². The molecule has 0 radical (unpaired) electrons. The van der Waals surface area contributed by atoms with Crippen LogP contribution in [0.2, 0.25) is 0 Å². The number of ether oxygens (including phenoxy) is 2. The normalized spacial score (nSPS) is 13.4. The zero-order chi connectivity index (χ0) is 18.3. The van der Waals surface area contributed by atoms with Gasteiger partial charge in [-0.2, -0.15) is 0 Å². The number of esters is 1. The van der Waals surface area contributed by atoms with Gasteiger partial charge in [-0.05, 0) is 43.9 Å². The van der Waals surface area contributed by atoms with Gasteiger partial charge in [0.1, 0.15) is 6.61 Å². The van der Waals surface area contributed by atoms with Crippen molar-refractivity contribution >= 4 is 11.9 Å². The van der Waals surface area contributed by atoms with Gasteiger partial charge in [0.15, 0.2) is 0 Å². The quantitative estimate of drug-likeness (QED) is 0.672. The van der Waals surface area contributed by atoms with Crippen molar-refractivity contribution in [3.05, 3.63) is 34.4 Å². The summed E-state index contributed by atoms with van der Waals surface area (Å²) in [7, 11) is 0. The maximum absolute atomic E-state index is 12.3. The molecule has 0 aromatic heterocycles. The Morgan fingerprint density at radius 2 is 1.79 bits per heavy atom. The van der Waals surface area contributed by atoms with E-state index in [4.69, 9.17) is 14.6 Å². The number of hydrogen-bond acceptors (Lipinski definition) is 5. The van der Waals surface area contributed by atoms with E-state index in [1.165, 1.54) is 6.07 Å². The molecule has 0 saturated heterocycles. The molecule has 2 unspecified atom stereocenters. The molecule has 134 valence electrons. The first-order valence-electron chi connectivity index (χ1n) is 8.16. The van der Waals surface area contributed by atoms with Gasteiger partial charge in [-0.15, -0.1) is 0 Å². The van der Waals surface area contributed by atoms with E-state index < -0.39 is 24.1 Å². The maximum atomic E-state index is 12.3. The number of aromatic carboxylic acids is 1. The van der Waals surface area contributed by atoms with E-state index in [2.05, 4.69) is 0 Å². The van der Waals surface area contributed by atoms with E-state index in [0.717, 1.165) is 5.56 Å². The summed E-state index contributed by atoms with van der Waals surface area (Å²) in [6.45, 7) is 7.25. The minimum absolute atomic E-state index is 0.0123. The highest BCUT2D eigenvalue weighted by molar-refractivity contribution is 6.03. The van der Waals surface area contributed by atoms with Crippen molar-refractivity contribution in [1.29, 1.82) is 0 Å². The lowest BCUT2D eigenvalue weighted by atomic mass is 9.93. The number of rotatable bonds is 9. The van der Waals surface area contributed by atoms with Gasteiger partial charge in [0.2, 0.25) is 0 Å². The van der Waals surface area contributed by atoms with Crippen molar-refractivity contribution in [2.45, 2.75) is 52.7 Å². The number of hydrogen-bond donors (Lipinski definition) is 2. The lowest BCUT2D eigenvalue weighted by Gasteiger charge is -2.17. The highest BCUT2D eigenvalue weighted by atomic mass is 16.6. The largest absolute Gasteiger partial charge is 0.478 e. The zero-order valence-electron chi connectivity index (χ0n) is 14.7.